The van der Waals surface area contributed by atoms with Crippen LogP contribution in [0.25, 0.3) is 0 Å². The Labute approximate surface area is 116 Å². The van der Waals surface area contributed by atoms with E-state index in [1.165, 1.54) is 32.1 Å². The molecule has 0 aromatic heterocycles. The summed E-state index contributed by atoms with van der Waals surface area (Å²) in [5, 5.41) is 8.42. The maximum atomic E-state index is 8.74. The van der Waals surface area contributed by atoms with Crippen LogP contribution in [-0.2, 0) is 10.4 Å². The standard InChI is InChI=1S/C8H18O.Na.H2O4S.H/c1-2-3-4-5-6-7-8-9;;1-5(2,3)4;/h9H,2-8H2,1H3;;(H2,1,2,3,4);/q;+1;;-1. The van der Waals surface area contributed by atoms with Gasteiger partial charge in [0.1, 0.15) is 0 Å². The first-order chi connectivity index (χ1) is 6.41. The quantitative estimate of drug-likeness (QED) is 0.314. The summed E-state index contributed by atoms with van der Waals surface area (Å²) in [5.74, 6) is 0. The zero-order valence-corrected chi connectivity index (χ0v) is 12.3. The Kier molecular flexibility index (Phi) is 20.9. The van der Waals surface area contributed by atoms with E-state index >= 15 is 0 Å². The zero-order valence-electron chi connectivity index (χ0n) is 10.5. The maximum Gasteiger partial charge on any atom is 1.00 e. The van der Waals surface area contributed by atoms with Gasteiger partial charge in [0.05, 0.1) is 0 Å². The predicted molar refractivity (Wildman–Crippen MR) is 55.8 cm³/mol. The molecule has 0 rings (SSSR count). The molecule has 0 unspecified atom stereocenters. The van der Waals surface area contributed by atoms with Crippen LogP contribution in [0, 0.1) is 0 Å². The molecule has 3 N–H and O–H groups in total. The molecule has 0 aromatic carbocycles. The molecule has 0 amide bonds. The minimum absolute atomic E-state index is 0. The third-order valence-corrected chi connectivity index (χ3v) is 1.51. The molecule has 0 aliphatic rings. The van der Waals surface area contributed by atoms with Gasteiger partial charge in [0, 0.05) is 6.61 Å². The van der Waals surface area contributed by atoms with Crippen molar-refractivity contribution in [2.75, 3.05) is 6.61 Å². The fourth-order valence-corrected chi connectivity index (χ4v) is 0.892. The van der Waals surface area contributed by atoms with Crippen molar-refractivity contribution < 1.29 is 53.6 Å². The number of rotatable bonds is 6. The summed E-state index contributed by atoms with van der Waals surface area (Å²) in [6.45, 7) is 2.58. The normalized spacial score (nSPS) is 9.87. The Morgan fingerprint density at radius 3 is 1.67 bits per heavy atom. The average Bonchev–Trinajstić information content (AvgIpc) is 2.01. The third-order valence-electron chi connectivity index (χ3n) is 1.51. The Hall–Kier alpha value is 0.830. The van der Waals surface area contributed by atoms with Gasteiger partial charge in [-0.2, -0.15) is 8.42 Å². The number of hydrogen-bond donors (Lipinski definition) is 3. The zero-order chi connectivity index (χ0) is 11.4. The molecule has 0 spiro atoms. The summed E-state index contributed by atoms with van der Waals surface area (Å²) in [6, 6.07) is 0. The smallest absolute Gasteiger partial charge is 1.00 e. The van der Waals surface area contributed by atoms with E-state index in [1.807, 2.05) is 0 Å². The van der Waals surface area contributed by atoms with Crippen LogP contribution >= 0.6 is 0 Å². The fourth-order valence-electron chi connectivity index (χ4n) is 0.892. The molecule has 0 radical (unpaired) electrons. The van der Waals surface area contributed by atoms with E-state index in [9.17, 15) is 0 Å². The summed E-state index contributed by atoms with van der Waals surface area (Å²) in [7, 11) is -4.67. The van der Waals surface area contributed by atoms with Gasteiger partial charge < -0.3 is 6.53 Å². The van der Waals surface area contributed by atoms with Crippen molar-refractivity contribution in [1.29, 1.82) is 0 Å². The van der Waals surface area contributed by atoms with Crippen molar-refractivity contribution >= 4 is 10.4 Å². The van der Waals surface area contributed by atoms with Crippen molar-refractivity contribution in [1.82, 2.24) is 0 Å². The first-order valence-electron chi connectivity index (χ1n) is 4.72. The van der Waals surface area contributed by atoms with Crippen molar-refractivity contribution in [3.8, 4) is 0 Å². The Morgan fingerprint density at radius 2 is 1.33 bits per heavy atom. The number of aliphatic hydroxyl groups is 1. The minimum atomic E-state index is -4.67. The second-order valence-electron chi connectivity index (χ2n) is 2.94. The van der Waals surface area contributed by atoms with Crippen LogP contribution in [0.4, 0.5) is 0 Å². The largest absolute Gasteiger partial charge is 1.00 e. The van der Waals surface area contributed by atoms with Gasteiger partial charge in [-0.25, -0.2) is 0 Å². The van der Waals surface area contributed by atoms with Crippen molar-refractivity contribution in [2.45, 2.75) is 45.4 Å². The topological polar surface area (TPSA) is 94.8 Å². The van der Waals surface area contributed by atoms with Crippen LogP contribution in [0.3, 0.4) is 0 Å². The first-order valence-corrected chi connectivity index (χ1v) is 6.12. The predicted octanol–water partition coefficient (Wildman–Crippen LogP) is -1.20. The summed E-state index contributed by atoms with van der Waals surface area (Å²) in [6.07, 6.45) is 7.50. The molecule has 0 saturated carbocycles. The molecular weight excluding hydrogens is 231 g/mol. The van der Waals surface area contributed by atoms with E-state index < -0.39 is 10.4 Å². The van der Waals surface area contributed by atoms with Gasteiger partial charge in [-0.15, -0.1) is 0 Å². The van der Waals surface area contributed by atoms with E-state index in [1.54, 1.807) is 0 Å². The molecule has 0 bridgehead atoms. The van der Waals surface area contributed by atoms with Gasteiger partial charge >= 0.3 is 40.0 Å². The van der Waals surface area contributed by atoms with Crippen LogP contribution in [0.2, 0.25) is 0 Å². The van der Waals surface area contributed by atoms with Crippen LogP contribution in [0.1, 0.15) is 46.9 Å². The van der Waals surface area contributed by atoms with Crippen LogP contribution in [-0.4, -0.2) is 29.2 Å². The Balaban J connectivity index is -0.0000000904. The first kappa shape index (κ1) is 21.1. The Bertz CT molecular complexity index is 185. The molecule has 0 saturated heterocycles. The molecular formula is C8H21NaO5S. The van der Waals surface area contributed by atoms with Crippen LogP contribution < -0.4 is 29.6 Å². The summed E-state index contributed by atoms with van der Waals surface area (Å²) >= 11 is 0. The fraction of sp³-hybridized carbons (Fsp3) is 1.00. The summed E-state index contributed by atoms with van der Waals surface area (Å²) in [5.41, 5.74) is 0. The van der Waals surface area contributed by atoms with Gasteiger partial charge in [0.15, 0.2) is 0 Å². The second kappa shape index (κ2) is 14.8. The summed E-state index contributed by atoms with van der Waals surface area (Å²) < 4.78 is 31.6. The molecule has 0 aromatic rings. The second-order valence-corrected chi connectivity index (χ2v) is 3.83. The average molecular weight is 252 g/mol. The molecule has 90 valence electrons. The molecule has 0 heterocycles. The van der Waals surface area contributed by atoms with E-state index in [0.717, 1.165) is 6.42 Å². The van der Waals surface area contributed by atoms with Crippen molar-refractivity contribution in [2.24, 2.45) is 0 Å². The molecule has 5 nitrogen and oxygen atoms in total. The number of unbranched alkanes of at least 4 members (excludes halogenated alkanes) is 5. The van der Waals surface area contributed by atoms with Crippen LogP contribution in [0.5, 0.6) is 0 Å². The monoisotopic (exact) mass is 252 g/mol. The number of aliphatic hydroxyl groups excluding tert-OH is 1. The number of hydrogen-bond acceptors (Lipinski definition) is 3. The SMILES string of the molecule is CCCCCCCCO.O=S(=O)(O)O.[H-].[Na+]. The molecule has 0 fully saturated rings. The van der Waals surface area contributed by atoms with Gasteiger partial charge in [-0.3, -0.25) is 9.11 Å². The summed E-state index contributed by atoms with van der Waals surface area (Å²) in [4.78, 5) is 0. The van der Waals surface area contributed by atoms with Gasteiger partial charge in [0.2, 0.25) is 0 Å². The minimum Gasteiger partial charge on any atom is -1.00 e. The van der Waals surface area contributed by atoms with E-state index in [-0.39, 0.29) is 31.0 Å². The van der Waals surface area contributed by atoms with Crippen LogP contribution in [0.15, 0.2) is 0 Å². The van der Waals surface area contributed by atoms with Gasteiger partial charge in [-0.1, -0.05) is 39.0 Å². The van der Waals surface area contributed by atoms with E-state index in [4.69, 9.17) is 22.6 Å². The maximum absolute atomic E-state index is 8.74. The van der Waals surface area contributed by atoms with Gasteiger partial charge in [-0.05, 0) is 6.42 Å². The van der Waals surface area contributed by atoms with Crippen molar-refractivity contribution in [3.05, 3.63) is 0 Å². The molecule has 7 heteroatoms. The Morgan fingerprint density at radius 1 is 1.00 bits per heavy atom. The molecule has 0 aliphatic carbocycles. The van der Waals surface area contributed by atoms with Crippen molar-refractivity contribution in [3.63, 3.8) is 0 Å². The van der Waals surface area contributed by atoms with Gasteiger partial charge in [0.25, 0.3) is 0 Å². The molecule has 0 aliphatic heterocycles. The van der Waals surface area contributed by atoms with E-state index in [0.29, 0.717) is 6.61 Å². The third kappa shape index (κ3) is 52.3. The van der Waals surface area contributed by atoms with E-state index in [2.05, 4.69) is 6.92 Å². The molecule has 0 atom stereocenters. The molecule has 15 heavy (non-hydrogen) atoms.